The molecule has 3 aromatic heterocycles. The van der Waals surface area contributed by atoms with Gasteiger partial charge in [-0.25, -0.2) is 0 Å². The molecule has 1 amide bonds. The number of nitrogens with zero attached hydrogens (tertiary/aromatic N) is 4. The first-order chi connectivity index (χ1) is 12.7. The fourth-order valence-electron chi connectivity index (χ4n) is 2.21. The van der Waals surface area contributed by atoms with Crippen LogP contribution in [-0.2, 0) is 24.0 Å². The molecular weight excluding hydrogens is 366 g/mol. The van der Waals surface area contributed by atoms with Crippen molar-refractivity contribution < 1.29 is 4.79 Å². The van der Waals surface area contributed by atoms with Gasteiger partial charge in [0.15, 0.2) is 5.16 Å². The molecule has 0 atom stereocenters. The molecule has 8 heteroatoms. The Bertz CT molecular complexity index is 859. The lowest BCUT2D eigenvalue weighted by Crippen LogP contribution is -2.24. The molecular formula is C18H19N5OS2. The number of thiophene rings is 1. The molecule has 3 heterocycles. The van der Waals surface area contributed by atoms with Crippen LogP contribution in [0.4, 0.5) is 0 Å². The number of nitrogens with one attached hydrogen (secondary N) is 1. The van der Waals surface area contributed by atoms with Gasteiger partial charge in [-0.15, -0.1) is 21.5 Å². The van der Waals surface area contributed by atoms with E-state index in [0.717, 1.165) is 27.3 Å². The van der Waals surface area contributed by atoms with Crippen LogP contribution in [0.1, 0.15) is 16.4 Å². The average Bonchev–Trinajstić information content (AvgIpc) is 3.30. The number of hydrogen-bond acceptors (Lipinski definition) is 6. The first-order valence-corrected chi connectivity index (χ1v) is 9.99. The van der Waals surface area contributed by atoms with E-state index in [-0.39, 0.29) is 5.91 Å². The molecule has 0 aliphatic carbocycles. The third-order valence-corrected chi connectivity index (χ3v) is 5.48. The van der Waals surface area contributed by atoms with Crippen molar-refractivity contribution in [1.82, 2.24) is 25.1 Å². The minimum absolute atomic E-state index is 0.106. The number of carbonyl (C=O) groups is 1. The molecule has 0 radical (unpaired) electrons. The highest BCUT2D eigenvalue weighted by molar-refractivity contribution is 7.98. The van der Waals surface area contributed by atoms with Crippen molar-refractivity contribution in [3.05, 3.63) is 64.4 Å². The summed E-state index contributed by atoms with van der Waals surface area (Å²) >= 11 is 3.19. The van der Waals surface area contributed by atoms with E-state index >= 15 is 0 Å². The highest BCUT2D eigenvalue weighted by Gasteiger charge is 2.09. The Hall–Kier alpha value is -2.45. The molecule has 3 rings (SSSR count). The molecule has 134 valence electrons. The fourth-order valence-corrected chi connectivity index (χ4v) is 3.67. The largest absolute Gasteiger partial charge is 0.352 e. The van der Waals surface area contributed by atoms with Crippen LogP contribution >= 0.6 is 23.1 Å². The summed E-state index contributed by atoms with van der Waals surface area (Å²) in [5.41, 5.74) is 1.01. The molecule has 6 nitrogen and oxygen atoms in total. The van der Waals surface area contributed by atoms with E-state index in [1.165, 1.54) is 0 Å². The lowest BCUT2D eigenvalue weighted by Gasteiger charge is -2.04. The molecule has 0 bridgehead atoms. The molecule has 0 spiro atoms. The van der Waals surface area contributed by atoms with Crippen molar-refractivity contribution in [2.75, 3.05) is 6.54 Å². The Morgan fingerprint density at radius 3 is 3.00 bits per heavy atom. The second-order valence-electron chi connectivity index (χ2n) is 5.46. The van der Waals surface area contributed by atoms with Crippen molar-refractivity contribution in [2.24, 2.45) is 7.05 Å². The number of hydrogen-bond donors (Lipinski definition) is 1. The Morgan fingerprint density at radius 2 is 2.23 bits per heavy atom. The van der Waals surface area contributed by atoms with Crippen LogP contribution in [0.25, 0.3) is 6.08 Å². The van der Waals surface area contributed by atoms with E-state index in [2.05, 4.69) is 20.5 Å². The van der Waals surface area contributed by atoms with Gasteiger partial charge in [-0.3, -0.25) is 9.78 Å². The zero-order valence-electron chi connectivity index (χ0n) is 14.3. The maximum Gasteiger partial charge on any atom is 0.244 e. The zero-order valence-corrected chi connectivity index (χ0v) is 16.0. The van der Waals surface area contributed by atoms with E-state index in [1.54, 1.807) is 35.4 Å². The minimum atomic E-state index is -0.106. The van der Waals surface area contributed by atoms with Crippen LogP contribution < -0.4 is 5.32 Å². The highest BCUT2D eigenvalue weighted by atomic mass is 32.2. The van der Waals surface area contributed by atoms with Crippen molar-refractivity contribution in [2.45, 2.75) is 17.3 Å². The highest BCUT2D eigenvalue weighted by Crippen LogP contribution is 2.19. The van der Waals surface area contributed by atoms with Gasteiger partial charge in [0.1, 0.15) is 5.82 Å². The molecule has 0 saturated carbocycles. The maximum atomic E-state index is 11.8. The van der Waals surface area contributed by atoms with Crippen molar-refractivity contribution in [3.63, 3.8) is 0 Å². The van der Waals surface area contributed by atoms with Gasteiger partial charge in [0.2, 0.25) is 5.91 Å². The maximum absolute atomic E-state index is 11.8. The molecule has 0 fully saturated rings. The molecule has 0 unspecified atom stereocenters. The zero-order chi connectivity index (χ0) is 18.2. The second-order valence-corrected chi connectivity index (χ2v) is 7.38. The summed E-state index contributed by atoms with van der Waals surface area (Å²) in [5, 5.41) is 14.1. The van der Waals surface area contributed by atoms with E-state index in [0.29, 0.717) is 13.0 Å². The lowest BCUT2D eigenvalue weighted by molar-refractivity contribution is -0.116. The van der Waals surface area contributed by atoms with E-state index in [1.807, 2.05) is 53.4 Å². The first-order valence-electron chi connectivity index (χ1n) is 8.13. The number of amides is 1. The summed E-state index contributed by atoms with van der Waals surface area (Å²) in [6, 6.07) is 9.79. The molecule has 26 heavy (non-hydrogen) atoms. The summed E-state index contributed by atoms with van der Waals surface area (Å²) in [7, 11) is 1.94. The van der Waals surface area contributed by atoms with E-state index in [4.69, 9.17) is 0 Å². The Kier molecular flexibility index (Phi) is 6.56. The number of rotatable bonds is 8. The SMILES string of the molecule is Cn1c(CCNC(=O)C=Cc2cccs2)nnc1SCc1ccccn1. The summed E-state index contributed by atoms with van der Waals surface area (Å²) < 4.78 is 1.96. The van der Waals surface area contributed by atoms with Gasteiger partial charge in [0, 0.05) is 42.9 Å². The normalized spacial score (nSPS) is 11.1. The quantitative estimate of drug-likeness (QED) is 0.477. The summed E-state index contributed by atoms with van der Waals surface area (Å²) in [6.45, 7) is 0.518. The van der Waals surface area contributed by atoms with Gasteiger partial charge in [0.25, 0.3) is 0 Å². The van der Waals surface area contributed by atoms with Gasteiger partial charge in [-0.05, 0) is 29.7 Å². The molecule has 3 aromatic rings. The Labute approximate surface area is 160 Å². The van der Waals surface area contributed by atoms with Crippen LogP contribution in [0.15, 0.2) is 53.1 Å². The number of thioether (sulfide) groups is 1. The van der Waals surface area contributed by atoms with Crippen molar-refractivity contribution >= 4 is 35.1 Å². The Morgan fingerprint density at radius 1 is 1.31 bits per heavy atom. The average molecular weight is 386 g/mol. The molecule has 1 N–H and O–H groups in total. The summed E-state index contributed by atoms with van der Waals surface area (Å²) in [4.78, 5) is 17.2. The molecule has 0 aliphatic heterocycles. The van der Waals surface area contributed by atoms with Crippen molar-refractivity contribution in [3.8, 4) is 0 Å². The molecule has 0 aliphatic rings. The topological polar surface area (TPSA) is 72.7 Å². The monoisotopic (exact) mass is 385 g/mol. The number of carbonyl (C=O) groups excluding carboxylic acids is 1. The predicted molar refractivity (Wildman–Crippen MR) is 105 cm³/mol. The van der Waals surface area contributed by atoms with Gasteiger partial charge in [-0.2, -0.15) is 0 Å². The van der Waals surface area contributed by atoms with E-state index < -0.39 is 0 Å². The van der Waals surface area contributed by atoms with Gasteiger partial charge >= 0.3 is 0 Å². The van der Waals surface area contributed by atoms with Crippen LogP contribution in [0.5, 0.6) is 0 Å². The summed E-state index contributed by atoms with van der Waals surface area (Å²) in [5.74, 6) is 1.48. The second kappa shape index (κ2) is 9.30. The van der Waals surface area contributed by atoms with Crippen LogP contribution in [0.3, 0.4) is 0 Å². The standard InChI is InChI=1S/C18H19N5OS2/c1-23-16(9-11-20-17(24)8-7-15-6-4-12-25-15)21-22-18(23)26-13-14-5-2-3-10-19-14/h2-8,10,12H,9,11,13H2,1H3,(H,20,24). The first kappa shape index (κ1) is 18.3. The fraction of sp³-hybridized carbons (Fsp3) is 0.222. The van der Waals surface area contributed by atoms with Gasteiger partial charge in [0.05, 0.1) is 5.69 Å². The van der Waals surface area contributed by atoms with Crippen molar-refractivity contribution in [1.29, 1.82) is 0 Å². The lowest BCUT2D eigenvalue weighted by atomic mass is 10.3. The predicted octanol–water partition coefficient (Wildman–Crippen LogP) is 2.94. The van der Waals surface area contributed by atoms with Gasteiger partial charge < -0.3 is 9.88 Å². The van der Waals surface area contributed by atoms with Crippen LogP contribution in [0.2, 0.25) is 0 Å². The van der Waals surface area contributed by atoms with Crippen LogP contribution in [0, 0.1) is 0 Å². The third kappa shape index (κ3) is 5.27. The van der Waals surface area contributed by atoms with Gasteiger partial charge in [-0.1, -0.05) is 23.9 Å². The number of aromatic nitrogens is 4. The third-order valence-electron chi connectivity index (χ3n) is 3.59. The van der Waals surface area contributed by atoms with Crippen LogP contribution in [-0.4, -0.2) is 32.2 Å². The summed E-state index contributed by atoms with van der Waals surface area (Å²) in [6.07, 6.45) is 5.78. The molecule has 0 aromatic carbocycles. The minimum Gasteiger partial charge on any atom is -0.352 e. The smallest absolute Gasteiger partial charge is 0.244 e. The molecule has 0 saturated heterocycles. The van der Waals surface area contributed by atoms with E-state index in [9.17, 15) is 4.79 Å². The number of pyridine rings is 1. The Balaban J connectivity index is 1.45.